The summed E-state index contributed by atoms with van der Waals surface area (Å²) in [5, 5.41) is -0.271. The third kappa shape index (κ3) is 2.94. The van der Waals surface area contributed by atoms with Gasteiger partial charge in [0.2, 0.25) is 0 Å². The Kier molecular flexibility index (Phi) is 3.88. The number of hydrogen-bond donors (Lipinski definition) is 1. The molecule has 100 valence electrons. The van der Waals surface area contributed by atoms with Gasteiger partial charge in [0.1, 0.15) is 22.1 Å². The number of nitrogens with one attached hydrogen (secondary N) is 1. The van der Waals surface area contributed by atoms with Crippen LogP contribution in [0.1, 0.15) is 0 Å². The number of hydrogen-bond acceptors (Lipinski definition) is 4. The normalized spacial score (nSPS) is 11.3. The molecule has 0 saturated carbocycles. The van der Waals surface area contributed by atoms with Crippen LogP contribution in [0.4, 0.5) is 10.2 Å². The van der Waals surface area contributed by atoms with Gasteiger partial charge in [-0.3, -0.25) is 4.72 Å². The molecular weight excluding hydrogens is 316 g/mol. The highest BCUT2D eigenvalue weighted by Crippen LogP contribution is 2.27. The van der Waals surface area contributed by atoms with Gasteiger partial charge in [-0.1, -0.05) is 35.3 Å². The van der Waals surface area contributed by atoms with Crippen LogP contribution in [0.15, 0.2) is 35.5 Å². The summed E-state index contributed by atoms with van der Waals surface area (Å²) < 4.78 is 39.5. The number of sulfonamides is 1. The van der Waals surface area contributed by atoms with Crippen LogP contribution in [0.25, 0.3) is 0 Å². The van der Waals surface area contributed by atoms with Crippen molar-refractivity contribution in [1.29, 1.82) is 0 Å². The van der Waals surface area contributed by atoms with Gasteiger partial charge in [-0.2, -0.15) is 0 Å². The van der Waals surface area contributed by atoms with Crippen molar-refractivity contribution >= 4 is 39.0 Å². The topological polar surface area (TPSA) is 72.0 Å². The summed E-state index contributed by atoms with van der Waals surface area (Å²) in [6.45, 7) is 0. The number of anilines is 1. The zero-order chi connectivity index (χ0) is 14.0. The fourth-order valence-electron chi connectivity index (χ4n) is 1.26. The zero-order valence-corrected chi connectivity index (χ0v) is 11.5. The highest BCUT2D eigenvalue weighted by Gasteiger charge is 2.21. The Morgan fingerprint density at radius 2 is 1.84 bits per heavy atom. The molecular formula is C10H6Cl2FN3O2S. The predicted molar refractivity (Wildman–Crippen MR) is 69.3 cm³/mol. The molecule has 0 spiro atoms. The minimum absolute atomic E-state index is 0.108. The van der Waals surface area contributed by atoms with Gasteiger partial charge in [-0.15, -0.1) is 0 Å². The van der Waals surface area contributed by atoms with Crippen LogP contribution in [0, 0.1) is 5.82 Å². The van der Waals surface area contributed by atoms with E-state index < -0.39 is 20.7 Å². The molecule has 5 nitrogen and oxygen atoms in total. The molecule has 2 aromatic rings. The fraction of sp³-hybridized carbons (Fsp3) is 0. The number of halogens is 3. The first kappa shape index (κ1) is 14.0. The molecule has 9 heteroatoms. The molecule has 0 aliphatic rings. The predicted octanol–water partition coefficient (Wildman–Crippen LogP) is 2.72. The van der Waals surface area contributed by atoms with E-state index in [0.29, 0.717) is 0 Å². The second-order valence-corrected chi connectivity index (χ2v) is 5.75. The lowest BCUT2D eigenvalue weighted by Gasteiger charge is -2.09. The summed E-state index contributed by atoms with van der Waals surface area (Å²) in [6.07, 6.45) is 1.04. The van der Waals surface area contributed by atoms with Crippen LogP contribution >= 0.6 is 23.2 Å². The summed E-state index contributed by atoms with van der Waals surface area (Å²) >= 11 is 11.4. The molecule has 0 aliphatic heterocycles. The van der Waals surface area contributed by atoms with E-state index in [0.717, 1.165) is 18.5 Å². The maximum absolute atomic E-state index is 13.5. The Morgan fingerprint density at radius 1 is 1.16 bits per heavy atom. The Hall–Kier alpha value is -1.44. The molecule has 0 atom stereocenters. The first-order valence-corrected chi connectivity index (χ1v) is 7.09. The first-order chi connectivity index (χ1) is 8.92. The summed E-state index contributed by atoms with van der Waals surface area (Å²) in [5.41, 5.74) is 0. The van der Waals surface area contributed by atoms with Crippen molar-refractivity contribution in [2.24, 2.45) is 0 Å². The second-order valence-electron chi connectivity index (χ2n) is 3.36. The van der Waals surface area contributed by atoms with E-state index in [9.17, 15) is 12.8 Å². The van der Waals surface area contributed by atoms with Gasteiger partial charge in [-0.05, 0) is 12.1 Å². The third-order valence-corrected chi connectivity index (χ3v) is 4.22. The monoisotopic (exact) mass is 321 g/mol. The molecule has 0 bridgehead atoms. The fourth-order valence-corrected chi connectivity index (χ4v) is 2.70. The van der Waals surface area contributed by atoms with Gasteiger partial charge in [0.05, 0.1) is 0 Å². The minimum Gasteiger partial charge on any atom is -0.262 e. The van der Waals surface area contributed by atoms with Crippen molar-refractivity contribution in [2.45, 2.75) is 4.90 Å². The number of benzene rings is 1. The van der Waals surface area contributed by atoms with Crippen LogP contribution in [0.2, 0.25) is 10.2 Å². The van der Waals surface area contributed by atoms with Crippen LogP contribution < -0.4 is 4.72 Å². The van der Waals surface area contributed by atoms with Gasteiger partial charge in [0.25, 0.3) is 10.0 Å². The molecule has 1 heterocycles. The summed E-state index contributed by atoms with van der Waals surface area (Å²) in [6, 6.07) is 4.92. The summed E-state index contributed by atoms with van der Waals surface area (Å²) in [4.78, 5) is 6.70. The molecule has 0 aliphatic carbocycles. The standard InChI is InChI=1S/C10H6Cl2FN3O2S/c11-8-9(12)14-5-15-10(8)16-19(17,18)7-4-2-1-3-6(7)13/h1-5H,(H,14,15,16). The number of rotatable bonds is 3. The molecule has 1 aromatic heterocycles. The Morgan fingerprint density at radius 3 is 2.53 bits per heavy atom. The number of aromatic nitrogens is 2. The van der Waals surface area contributed by atoms with Gasteiger partial charge in [0, 0.05) is 0 Å². The van der Waals surface area contributed by atoms with Gasteiger partial charge in [0.15, 0.2) is 11.0 Å². The van der Waals surface area contributed by atoms with Crippen LogP contribution in [0.3, 0.4) is 0 Å². The molecule has 0 fully saturated rings. The summed E-state index contributed by atoms with van der Waals surface area (Å²) in [5.74, 6) is -1.10. The van der Waals surface area contributed by atoms with Gasteiger partial charge >= 0.3 is 0 Å². The highest BCUT2D eigenvalue weighted by atomic mass is 35.5. The molecule has 19 heavy (non-hydrogen) atoms. The lowest BCUT2D eigenvalue weighted by molar-refractivity contribution is 0.570. The van der Waals surface area contributed by atoms with Crippen molar-refractivity contribution in [3.8, 4) is 0 Å². The maximum atomic E-state index is 13.5. The van der Waals surface area contributed by atoms with E-state index in [2.05, 4.69) is 9.97 Å². The second kappa shape index (κ2) is 5.28. The zero-order valence-electron chi connectivity index (χ0n) is 9.14. The number of nitrogens with zero attached hydrogens (tertiary/aromatic N) is 2. The van der Waals surface area contributed by atoms with Crippen LogP contribution in [0.5, 0.6) is 0 Å². The lowest BCUT2D eigenvalue weighted by atomic mass is 10.4. The van der Waals surface area contributed by atoms with Crippen molar-refractivity contribution in [2.75, 3.05) is 4.72 Å². The molecule has 2 rings (SSSR count). The molecule has 0 amide bonds. The van der Waals surface area contributed by atoms with Crippen molar-refractivity contribution in [3.05, 3.63) is 46.6 Å². The van der Waals surface area contributed by atoms with Crippen LogP contribution in [-0.4, -0.2) is 18.4 Å². The van der Waals surface area contributed by atoms with Crippen LogP contribution in [-0.2, 0) is 10.0 Å². The largest absolute Gasteiger partial charge is 0.266 e. The quantitative estimate of drug-likeness (QED) is 0.882. The Balaban J connectivity index is 2.43. The molecule has 0 saturated heterocycles. The van der Waals surface area contributed by atoms with Crippen molar-refractivity contribution in [3.63, 3.8) is 0 Å². The average Bonchev–Trinajstić information content (AvgIpc) is 2.35. The highest BCUT2D eigenvalue weighted by molar-refractivity contribution is 7.92. The maximum Gasteiger partial charge on any atom is 0.266 e. The van der Waals surface area contributed by atoms with E-state index in [-0.39, 0.29) is 16.0 Å². The van der Waals surface area contributed by atoms with E-state index >= 15 is 0 Å². The third-order valence-electron chi connectivity index (χ3n) is 2.10. The van der Waals surface area contributed by atoms with Gasteiger partial charge in [-0.25, -0.2) is 22.8 Å². The van der Waals surface area contributed by atoms with E-state index in [1.54, 1.807) is 0 Å². The Bertz CT molecular complexity index is 724. The van der Waals surface area contributed by atoms with Crippen molar-refractivity contribution < 1.29 is 12.8 Å². The summed E-state index contributed by atoms with van der Waals surface area (Å²) in [7, 11) is -4.14. The van der Waals surface area contributed by atoms with Gasteiger partial charge < -0.3 is 0 Å². The molecule has 0 unspecified atom stereocenters. The first-order valence-electron chi connectivity index (χ1n) is 4.85. The minimum atomic E-state index is -4.14. The Labute approximate surface area is 118 Å². The molecule has 1 N–H and O–H groups in total. The molecule has 0 radical (unpaired) electrons. The van der Waals surface area contributed by atoms with E-state index in [4.69, 9.17) is 23.2 Å². The molecule has 1 aromatic carbocycles. The SMILES string of the molecule is O=S(=O)(Nc1ncnc(Cl)c1Cl)c1ccccc1F. The average molecular weight is 322 g/mol. The van der Waals surface area contributed by atoms with Crippen molar-refractivity contribution in [1.82, 2.24) is 9.97 Å². The van der Waals surface area contributed by atoms with E-state index in [1.807, 2.05) is 4.72 Å². The lowest BCUT2D eigenvalue weighted by Crippen LogP contribution is -2.16. The van der Waals surface area contributed by atoms with E-state index in [1.165, 1.54) is 12.1 Å². The smallest absolute Gasteiger partial charge is 0.262 e.